The van der Waals surface area contributed by atoms with Crippen LogP contribution in [0.5, 0.6) is 0 Å². The molecule has 10 aromatic carbocycles. The molecular weight excluding hydrogens is 741 g/mol. The van der Waals surface area contributed by atoms with Crippen molar-refractivity contribution in [3.63, 3.8) is 0 Å². The number of aromatic nitrogens is 1. The molecule has 0 fully saturated rings. The van der Waals surface area contributed by atoms with E-state index in [1.807, 2.05) is 0 Å². The lowest BCUT2D eigenvalue weighted by Crippen LogP contribution is -2.12. The summed E-state index contributed by atoms with van der Waals surface area (Å²) in [6.07, 6.45) is 0. The first-order valence-corrected chi connectivity index (χ1v) is 20.8. The molecule has 0 radical (unpaired) electrons. The van der Waals surface area contributed by atoms with Crippen molar-refractivity contribution in [1.82, 2.24) is 4.57 Å². The highest BCUT2D eigenvalue weighted by molar-refractivity contribution is 6.28. The van der Waals surface area contributed by atoms with Gasteiger partial charge in [0.15, 0.2) is 0 Å². The Labute approximate surface area is 353 Å². The summed E-state index contributed by atoms with van der Waals surface area (Å²) in [6, 6.07) is 82.9. The Balaban J connectivity index is 1.23. The van der Waals surface area contributed by atoms with Crippen LogP contribution in [0.4, 0.5) is 17.1 Å². The second-order valence-electron chi connectivity index (χ2n) is 15.7. The molecule has 0 saturated carbocycles. The van der Waals surface area contributed by atoms with Crippen LogP contribution in [0.3, 0.4) is 0 Å². The molecule has 0 amide bonds. The average molecular weight is 779 g/mol. The number of benzene rings is 10. The standard InChI is InChI=1S/C58H38N2O/c1-4-17-39(18-5-1)41-33-35-46(36-34-41)59(50-28-14-12-25-47(50)42-20-6-2-7-21-42)51-29-16-27-49-56-52(60(58(49)51)45-23-8-3-9-24-45)38-54-57(48-26-13-15-30-53(48)61-54)55(56)44-32-31-40-19-10-11-22-43(40)37-44/h1-38H. The highest BCUT2D eigenvalue weighted by Gasteiger charge is 2.27. The molecule has 0 spiro atoms. The van der Waals surface area contributed by atoms with Crippen LogP contribution in [0.1, 0.15) is 0 Å². The fourth-order valence-corrected chi connectivity index (χ4v) is 9.44. The first-order chi connectivity index (χ1) is 30.3. The van der Waals surface area contributed by atoms with Gasteiger partial charge in [-0.3, -0.25) is 0 Å². The Morgan fingerprint density at radius 1 is 0.377 bits per heavy atom. The van der Waals surface area contributed by atoms with E-state index >= 15 is 0 Å². The maximum absolute atomic E-state index is 6.80. The number of hydrogen-bond donors (Lipinski definition) is 0. The lowest BCUT2D eigenvalue weighted by atomic mass is 9.92. The van der Waals surface area contributed by atoms with E-state index in [9.17, 15) is 0 Å². The summed E-state index contributed by atoms with van der Waals surface area (Å²) < 4.78 is 9.25. The van der Waals surface area contributed by atoms with Crippen molar-refractivity contribution < 1.29 is 4.42 Å². The minimum atomic E-state index is 0.862. The van der Waals surface area contributed by atoms with Crippen LogP contribution in [0.25, 0.3) is 93.6 Å². The monoisotopic (exact) mass is 778 g/mol. The molecule has 12 rings (SSSR count). The molecule has 0 aliphatic carbocycles. The van der Waals surface area contributed by atoms with Crippen LogP contribution in [-0.4, -0.2) is 4.57 Å². The lowest BCUT2D eigenvalue weighted by molar-refractivity contribution is 0.669. The Morgan fingerprint density at radius 3 is 1.79 bits per heavy atom. The van der Waals surface area contributed by atoms with Gasteiger partial charge in [-0.05, 0) is 81.6 Å². The molecule has 3 heteroatoms. The van der Waals surface area contributed by atoms with Gasteiger partial charge in [-0.25, -0.2) is 0 Å². The van der Waals surface area contributed by atoms with Gasteiger partial charge in [0.05, 0.1) is 22.4 Å². The Hall–Kier alpha value is -8.14. The molecule has 3 nitrogen and oxygen atoms in total. The number of para-hydroxylation sites is 4. The van der Waals surface area contributed by atoms with Gasteiger partial charge in [0.2, 0.25) is 0 Å². The summed E-state index contributed by atoms with van der Waals surface area (Å²) in [5.41, 5.74) is 15.2. The zero-order chi connectivity index (χ0) is 40.3. The number of rotatable bonds is 7. The third-order valence-electron chi connectivity index (χ3n) is 12.2. The molecule has 61 heavy (non-hydrogen) atoms. The first-order valence-electron chi connectivity index (χ1n) is 20.8. The zero-order valence-electron chi connectivity index (χ0n) is 33.2. The largest absolute Gasteiger partial charge is 0.456 e. The van der Waals surface area contributed by atoms with Crippen LogP contribution in [0.15, 0.2) is 235 Å². The van der Waals surface area contributed by atoms with Gasteiger partial charge in [-0.1, -0.05) is 176 Å². The van der Waals surface area contributed by atoms with Crippen molar-refractivity contribution in [2.24, 2.45) is 0 Å². The lowest BCUT2D eigenvalue weighted by Gasteiger charge is -2.29. The van der Waals surface area contributed by atoms with Crippen molar-refractivity contribution in [1.29, 1.82) is 0 Å². The fourth-order valence-electron chi connectivity index (χ4n) is 9.44. The number of furan rings is 1. The van der Waals surface area contributed by atoms with Crippen molar-refractivity contribution in [2.75, 3.05) is 4.90 Å². The van der Waals surface area contributed by atoms with Crippen LogP contribution in [-0.2, 0) is 0 Å². The molecule has 0 atom stereocenters. The van der Waals surface area contributed by atoms with Crippen LogP contribution >= 0.6 is 0 Å². The average Bonchev–Trinajstić information content (AvgIpc) is 3.88. The molecule has 12 aromatic rings. The Morgan fingerprint density at radius 2 is 0.984 bits per heavy atom. The third kappa shape index (κ3) is 5.74. The molecule has 286 valence electrons. The van der Waals surface area contributed by atoms with E-state index in [0.29, 0.717) is 0 Å². The van der Waals surface area contributed by atoms with Crippen LogP contribution in [0, 0.1) is 0 Å². The summed E-state index contributed by atoms with van der Waals surface area (Å²) in [5.74, 6) is 0. The van der Waals surface area contributed by atoms with Crippen molar-refractivity contribution in [3.8, 4) is 39.1 Å². The highest BCUT2D eigenvalue weighted by Crippen LogP contribution is 2.51. The predicted molar refractivity (Wildman–Crippen MR) is 257 cm³/mol. The van der Waals surface area contributed by atoms with Gasteiger partial charge < -0.3 is 13.9 Å². The van der Waals surface area contributed by atoms with Gasteiger partial charge in [0, 0.05) is 50.1 Å². The number of hydrogen-bond acceptors (Lipinski definition) is 2. The third-order valence-corrected chi connectivity index (χ3v) is 12.2. The van der Waals surface area contributed by atoms with Crippen molar-refractivity contribution in [3.05, 3.63) is 231 Å². The Bertz CT molecular complexity index is 3570. The number of fused-ring (bicyclic) bond motifs is 7. The minimum absolute atomic E-state index is 0.862. The molecule has 0 aliphatic rings. The Kier molecular flexibility index (Phi) is 8.17. The zero-order valence-corrected chi connectivity index (χ0v) is 33.2. The summed E-state index contributed by atoms with van der Waals surface area (Å²) in [4.78, 5) is 2.45. The molecule has 2 aromatic heterocycles. The van der Waals surface area contributed by atoms with Crippen molar-refractivity contribution in [2.45, 2.75) is 0 Å². The molecule has 0 unspecified atom stereocenters. The van der Waals surface area contributed by atoms with E-state index in [2.05, 4.69) is 240 Å². The molecule has 0 bridgehead atoms. The summed E-state index contributed by atoms with van der Waals surface area (Å²) >= 11 is 0. The predicted octanol–water partition coefficient (Wildman–Crippen LogP) is 16.3. The number of anilines is 3. The second-order valence-corrected chi connectivity index (χ2v) is 15.7. The van der Waals surface area contributed by atoms with E-state index in [0.717, 1.165) is 77.8 Å². The van der Waals surface area contributed by atoms with Crippen LogP contribution < -0.4 is 4.90 Å². The molecule has 2 heterocycles. The minimum Gasteiger partial charge on any atom is -0.456 e. The van der Waals surface area contributed by atoms with Gasteiger partial charge >= 0.3 is 0 Å². The van der Waals surface area contributed by atoms with E-state index in [1.54, 1.807) is 0 Å². The van der Waals surface area contributed by atoms with E-state index in [4.69, 9.17) is 4.42 Å². The quantitative estimate of drug-likeness (QED) is 0.161. The highest BCUT2D eigenvalue weighted by atomic mass is 16.3. The summed E-state index contributed by atoms with van der Waals surface area (Å²) in [5, 5.41) is 7.00. The van der Waals surface area contributed by atoms with E-state index < -0.39 is 0 Å². The fraction of sp³-hybridized carbons (Fsp3) is 0. The SMILES string of the molecule is c1ccc(-c2ccc(N(c3ccccc3-c3ccccc3)c3cccc4c5c(-c6ccc7ccccc7c6)c6c(cc5n(-c5ccccc5)c34)oc3ccccc36)cc2)cc1. The van der Waals surface area contributed by atoms with Gasteiger partial charge in [0.1, 0.15) is 11.2 Å². The topological polar surface area (TPSA) is 21.3 Å². The van der Waals surface area contributed by atoms with Gasteiger partial charge in [-0.2, -0.15) is 0 Å². The maximum Gasteiger partial charge on any atom is 0.138 e. The molecule has 0 saturated heterocycles. The molecule has 0 N–H and O–H groups in total. The normalized spacial score (nSPS) is 11.6. The van der Waals surface area contributed by atoms with Gasteiger partial charge in [-0.15, -0.1) is 0 Å². The van der Waals surface area contributed by atoms with E-state index in [1.165, 1.54) is 32.8 Å². The number of nitrogens with zero attached hydrogens (tertiary/aromatic N) is 2. The summed E-state index contributed by atoms with van der Waals surface area (Å²) in [6.45, 7) is 0. The molecule has 0 aliphatic heterocycles. The van der Waals surface area contributed by atoms with E-state index in [-0.39, 0.29) is 0 Å². The van der Waals surface area contributed by atoms with Crippen molar-refractivity contribution >= 4 is 71.6 Å². The molecular formula is C58H38N2O. The van der Waals surface area contributed by atoms with Crippen LogP contribution in [0.2, 0.25) is 0 Å². The van der Waals surface area contributed by atoms with Gasteiger partial charge in [0.25, 0.3) is 0 Å². The smallest absolute Gasteiger partial charge is 0.138 e. The first kappa shape index (κ1) is 34.9. The second kappa shape index (κ2) is 14.3. The summed E-state index contributed by atoms with van der Waals surface area (Å²) in [7, 11) is 0. The maximum atomic E-state index is 6.80.